The number of nitrogens with zero attached hydrogens (tertiary/aromatic N) is 4. The van der Waals surface area contributed by atoms with Crippen molar-refractivity contribution in [3.05, 3.63) is 72.1 Å². The van der Waals surface area contributed by atoms with Crippen LogP contribution in [0.1, 0.15) is 45.1 Å². The fourth-order valence-corrected chi connectivity index (χ4v) is 3.63. The predicted octanol–water partition coefficient (Wildman–Crippen LogP) is 5.75. The first-order valence-corrected chi connectivity index (χ1v) is 11.2. The summed E-state index contributed by atoms with van der Waals surface area (Å²) in [5.74, 6) is 0.837. The van der Waals surface area contributed by atoms with E-state index in [9.17, 15) is 4.39 Å². The van der Waals surface area contributed by atoms with Crippen molar-refractivity contribution in [3.8, 4) is 0 Å². The molecule has 7 heteroatoms. The Hall–Kier alpha value is -2.73. The van der Waals surface area contributed by atoms with Crippen LogP contribution in [0.4, 0.5) is 15.9 Å². The smallest absolute Gasteiger partial charge is 0.158 e. The van der Waals surface area contributed by atoms with E-state index in [1.54, 1.807) is 24.4 Å². The standard InChI is InChI=1S/C24H29ClFN5/c1-3-15-31(4-2)24-22(16-27-17-28-24)30-23(20-11-7-8-12-21(20)26)29-19-10-6-5-9-18(25)13-14-19/h5,7-9,11-12,14,16-18H,3-4,6,10,13,15H2,1-2H3,(H,29,30)/b9-5-,19-14+. The highest BCUT2D eigenvalue weighted by Gasteiger charge is 2.16. The van der Waals surface area contributed by atoms with Gasteiger partial charge in [0, 0.05) is 18.8 Å². The van der Waals surface area contributed by atoms with Crippen LogP contribution in [0.15, 0.2) is 65.7 Å². The van der Waals surface area contributed by atoms with Gasteiger partial charge in [0.15, 0.2) is 5.82 Å². The summed E-state index contributed by atoms with van der Waals surface area (Å²) < 4.78 is 14.7. The molecular formula is C24H29ClFN5. The molecule has 1 aliphatic rings. The Morgan fingerprint density at radius 1 is 1.32 bits per heavy atom. The van der Waals surface area contributed by atoms with E-state index in [1.165, 1.54) is 12.4 Å². The summed E-state index contributed by atoms with van der Waals surface area (Å²) in [4.78, 5) is 15.6. The lowest BCUT2D eigenvalue weighted by molar-refractivity contribution is 0.624. The van der Waals surface area contributed by atoms with E-state index in [0.29, 0.717) is 23.5 Å². The van der Waals surface area contributed by atoms with Gasteiger partial charge >= 0.3 is 0 Å². The van der Waals surface area contributed by atoms with Crippen LogP contribution in [0.2, 0.25) is 0 Å². The molecule has 1 aromatic carbocycles. The normalized spacial score (nSPS) is 19.7. The van der Waals surface area contributed by atoms with Crippen LogP contribution in [-0.4, -0.2) is 34.3 Å². The minimum atomic E-state index is -0.338. The third-order valence-electron chi connectivity index (χ3n) is 5.00. The predicted molar refractivity (Wildman–Crippen MR) is 127 cm³/mol. The van der Waals surface area contributed by atoms with E-state index in [2.05, 4.69) is 46.2 Å². The molecule has 1 N–H and O–H groups in total. The zero-order valence-electron chi connectivity index (χ0n) is 18.1. The molecule has 1 heterocycles. The number of rotatable bonds is 7. The number of anilines is 1. The highest BCUT2D eigenvalue weighted by atomic mass is 35.5. The Kier molecular flexibility index (Phi) is 8.59. The summed E-state index contributed by atoms with van der Waals surface area (Å²) in [7, 11) is 0. The molecule has 0 aliphatic heterocycles. The average Bonchev–Trinajstić information content (AvgIpc) is 2.77. The molecule has 0 fully saturated rings. The third-order valence-corrected chi connectivity index (χ3v) is 5.33. The quantitative estimate of drug-likeness (QED) is 0.257. The number of nitrogens with one attached hydrogen (secondary N) is 1. The Labute approximate surface area is 188 Å². The highest BCUT2D eigenvalue weighted by Crippen LogP contribution is 2.26. The number of aromatic nitrogens is 2. The second-order valence-electron chi connectivity index (χ2n) is 7.32. The fourth-order valence-electron chi connectivity index (χ4n) is 3.44. The molecule has 31 heavy (non-hydrogen) atoms. The first-order chi connectivity index (χ1) is 15.1. The summed E-state index contributed by atoms with van der Waals surface area (Å²) >= 11 is 6.30. The van der Waals surface area contributed by atoms with E-state index in [0.717, 1.165) is 43.9 Å². The summed E-state index contributed by atoms with van der Waals surface area (Å²) in [5, 5.41) is 3.32. The van der Waals surface area contributed by atoms with E-state index in [-0.39, 0.29) is 11.2 Å². The number of halogens is 2. The van der Waals surface area contributed by atoms with Gasteiger partial charge < -0.3 is 10.2 Å². The number of alkyl halides is 1. The first-order valence-electron chi connectivity index (χ1n) is 10.8. The summed E-state index contributed by atoms with van der Waals surface area (Å²) in [6.07, 6.45) is 12.7. The highest BCUT2D eigenvalue weighted by molar-refractivity contribution is 6.21. The van der Waals surface area contributed by atoms with Gasteiger partial charge in [0.2, 0.25) is 0 Å². The van der Waals surface area contributed by atoms with Crippen LogP contribution in [0.3, 0.4) is 0 Å². The molecule has 1 aromatic heterocycles. The Balaban J connectivity index is 2.03. The molecule has 0 spiro atoms. The minimum Gasteiger partial charge on any atom is -0.355 e. The van der Waals surface area contributed by atoms with Gasteiger partial charge in [-0.15, -0.1) is 11.6 Å². The van der Waals surface area contributed by atoms with Gasteiger partial charge in [-0.3, -0.25) is 0 Å². The van der Waals surface area contributed by atoms with Gasteiger partial charge in [-0.2, -0.15) is 0 Å². The van der Waals surface area contributed by atoms with Crippen molar-refractivity contribution in [3.63, 3.8) is 0 Å². The van der Waals surface area contributed by atoms with Crippen molar-refractivity contribution in [1.82, 2.24) is 15.3 Å². The third kappa shape index (κ3) is 6.37. The number of benzene rings is 1. The van der Waals surface area contributed by atoms with Gasteiger partial charge in [0.1, 0.15) is 23.7 Å². The fraction of sp³-hybridized carbons (Fsp3) is 0.375. The molecule has 0 bridgehead atoms. The Morgan fingerprint density at radius 3 is 2.94 bits per heavy atom. The maximum atomic E-state index is 14.7. The molecule has 5 nitrogen and oxygen atoms in total. The van der Waals surface area contributed by atoms with Crippen LogP contribution >= 0.6 is 11.6 Å². The molecule has 1 aliphatic carbocycles. The summed E-state index contributed by atoms with van der Waals surface area (Å²) in [6.45, 7) is 5.85. The zero-order valence-corrected chi connectivity index (χ0v) is 18.8. The van der Waals surface area contributed by atoms with Crippen LogP contribution < -0.4 is 10.2 Å². The first kappa shape index (κ1) is 22.9. The molecular weight excluding hydrogens is 413 g/mol. The van der Waals surface area contributed by atoms with Gasteiger partial charge in [-0.25, -0.2) is 19.4 Å². The number of allylic oxidation sites excluding steroid dienone is 4. The molecule has 2 aromatic rings. The molecule has 0 amide bonds. The molecule has 164 valence electrons. The lowest BCUT2D eigenvalue weighted by atomic mass is 10.1. The van der Waals surface area contributed by atoms with Gasteiger partial charge in [-0.1, -0.05) is 37.3 Å². The monoisotopic (exact) mass is 441 g/mol. The van der Waals surface area contributed by atoms with Crippen molar-refractivity contribution in [2.75, 3.05) is 18.0 Å². The summed E-state index contributed by atoms with van der Waals surface area (Å²) in [6, 6.07) is 6.64. The molecule has 0 radical (unpaired) electrons. The molecule has 0 saturated carbocycles. The van der Waals surface area contributed by atoms with Crippen molar-refractivity contribution in [2.24, 2.45) is 4.99 Å². The molecule has 3 rings (SSSR count). The van der Waals surface area contributed by atoms with Crippen molar-refractivity contribution < 1.29 is 4.39 Å². The number of amidine groups is 1. The van der Waals surface area contributed by atoms with E-state index in [1.807, 2.05) is 6.08 Å². The van der Waals surface area contributed by atoms with Gasteiger partial charge in [-0.05, 0) is 44.7 Å². The minimum absolute atomic E-state index is 0.0489. The van der Waals surface area contributed by atoms with Gasteiger partial charge in [0.25, 0.3) is 0 Å². The van der Waals surface area contributed by atoms with Crippen molar-refractivity contribution in [1.29, 1.82) is 0 Å². The SMILES string of the molecule is CCCN(CC)c1ncncc1N=C(N/C1=C/CC(Cl)/C=C\CC1)c1ccccc1F. The van der Waals surface area contributed by atoms with Crippen molar-refractivity contribution in [2.45, 2.75) is 44.9 Å². The maximum absolute atomic E-state index is 14.7. The largest absolute Gasteiger partial charge is 0.355 e. The maximum Gasteiger partial charge on any atom is 0.158 e. The Morgan fingerprint density at radius 2 is 2.16 bits per heavy atom. The van der Waals surface area contributed by atoms with E-state index >= 15 is 0 Å². The molecule has 1 atom stereocenters. The molecule has 0 saturated heterocycles. The van der Waals surface area contributed by atoms with E-state index < -0.39 is 0 Å². The second-order valence-corrected chi connectivity index (χ2v) is 7.88. The van der Waals surface area contributed by atoms with Crippen LogP contribution in [0, 0.1) is 5.82 Å². The van der Waals surface area contributed by atoms with Gasteiger partial charge in [0.05, 0.1) is 17.1 Å². The average molecular weight is 442 g/mol. The topological polar surface area (TPSA) is 53.4 Å². The second kappa shape index (κ2) is 11.6. The molecule has 1 unspecified atom stereocenters. The number of hydrogen-bond acceptors (Lipinski definition) is 4. The lowest BCUT2D eigenvalue weighted by Gasteiger charge is -2.22. The lowest BCUT2D eigenvalue weighted by Crippen LogP contribution is -2.27. The summed E-state index contributed by atoms with van der Waals surface area (Å²) in [5.41, 5.74) is 1.97. The zero-order chi connectivity index (χ0) is 22.1. The number of hydrogen-bond donors (Lipinski definition) is 1. The van der Waals surface area contributed by atoms with Crippen molar-refractivity contribution >= 4 is 28.9 Å². The van der Waals surface area contributed by atoms with Crippen LogP contribution in [0.25, 0.3) is 0 Å². The number of aliphatic imine (C=N–C) groups is 1. The van der Waals surface area contributed by atoms with E-state index in [4.69, 9.17) is 16.6 Å². The van der Waals surface area contributed by atoms with Crippen LogP contribution in [0.5, 0.6) is 0 Å². The Bertz CT molecular complexity index is 956. The van der Waals surface area contributed by atoms with Crippen LogP contribution in [-0.2, 0) is 0 Å².